The number of benzene rings is 1. The number of hydrogen-bond donors (Lipinski definition) is 1. The highest BCUT2D eigenvalue weighted by Gasteiger charge is 2.21. The van der Waals surface area contributed by atoms with Crippen LogP contribution in [-0.4, -0.2) is 23.1 Å². The van der Waals surface area contributed by atoms with Crippen LogP contribution < -0.4 is 10.5 Å². The van der Waals surface area contributed by atoms with Crippen LogP contribution in [0.4, 0.5) is 16.0 Å². The van der Waals surface area contributed by atoms with Crippen molar-refractivity contribution in [2.24, 2.45) is 11.8 Å². The lowest BCUT2D eigenvalue weighted by atomic mass is 9.99. The van der Waals surface area contributed by atoms with Crippen LogP contribution >= 0.6 is 0 Å². The summed E-state index contributed by atoms with van der Waals surface area (Å²) < 4.78 is 14.2. The Morgan fingerprint density at radius 1 is 1.36 bits per heavy atom. The number of aromatic nitrogens is 2. The summed E-state index contributed by atoms with van der Waals surface area (Å²) >= 11 is 0. The maximum Gasteiger partial charge on any atom is 0.268 e. The van der Waals surface area contributed by atoms with Gasteiger partial charge in [-0.1, -0.05) is 44.7 Å². The molecular formula is C22H23FN4O. The summed E-state index contributed by atoms with van der Waals surface area (Å²) in [7, 11) is 0. The van der Waals surface area contributed by atoms with Gasteiger partial charge in [-0.2, -0.15) is 0 Å². The lowest BCUT2D eigenvalue weighted by molar-refractivity contribution is 0.434. The maximum atomic E-state index is 14.2. The van der Waals surface area contributed by atoms with Crippen LogP contribution in [0.5, 0.6) is 0 Å². The molecule has 1 fully saturated rings. The molecule has 1 N–H and O–H groups in total. The summed E-state index contributed by atoms with van der Waals surface area (Å²) in [4.78, 5) is 25.5. The first kappa shape index (κ1) is 19.6. The van der Waals surface area contributed by atoms with Gasteiger partial charge in [-0.3, -0.25) is 9.78 Å². The van der Waals surface area contributed by atoms with Crippen LogP contribution in [0.1, 0.15) is 39.2 Å². The smallest absolute Gasteiger partial charge is 0.268 e. The number of rotatable bonds is 2. The molecule has 1 aliphatic rings. The fourth-order valence-corrected chi connectivity index (χ4v) is 3.12. The van der Waals surface area contributed by atoms with Gasteiger partial charge in [0.15, 0.2) is 0 Å². The van der Waals surface area contributed by atoms with E-state index in [0.29, 0.717) is 23.1 Å². The van der Waals surface area contributed by atoms with E-state index in [1.807, 2.05) is 13.8 Å². The molecule has 5 nitrogen and oxygen atoms in total. The summed E-state index contributed by atoms with van der Waals surface area (Å²) in [6, 6.07) is 4.26. The first-order valence-electron chi connectivity index (χ1n) is 9.47. The molecule has 1 aromatic heterocycles. The first-order chi connectivity index (χ1) is 13.4. The number of piperidine rings is 1. The minimum atomic E-state index is -0.634. The first-order valence-corrected chi connectivity index (χ1v) is 9.47. The molecule has 0 amide bonds. The second kappa shape index (κ2) is 8.27. The fourth-order valence-electron chi connectivity index (χ4n) is 3.12. The molecule has 0 aliphatic carbocycles. The van der Waals surface area contributed by atoms with Crippen molar-refractivity contribution in [3.8, 4) is 23.1 Å². The third-order valence-corrected chi connectivity index (χ3v) is 4.82. The van der Waals surface area contributed by atoms with E-state index in [2.05, 4.69) is 38.5 Å². The maximum absolute atomic E-state index is 14.2. The SMILES string of the molecule is [C-]#[N+]c1ccc(-c2nc(N3CCC(C)CC3)[nH]c(=O)c2C#CC(C)C)cc1F. The zero-order valence-corrected chi connectivity index (χ0v) is 16.3. The average Bonchev–Trinajstić information content (AvgIpc) is 2.67. The molecule has 0 bridgehead atoms. The van der Waals surface area contributed by atoms with Crippen LogP contribution in [0.3, 0.4) is 0 Å². The number of aromatic amines is 1. The van der Waals surface area contributed by atoms with Gasteiger partial charge in [0, 0.05) is 24.6 Å². The molecule has 6 heteroatoms. The van der Waals surface area contributed by atoms with Crippen molar-refractivity contribution >= 4 is 11.6 Å². The normalized spacial score (nSPS) is 14.5. The summed E-state index contributed by atoms with van der Waals surface area (Å²) in [6.45, 7) is 14.7. The molecule has 0 spiro atoms. The van der Waals surface area contributed by atoms with E-state index < -0.39 is 5.82 Å². The monoisotopic (exact) mass is 378 g/mol. The standard InChI is InChI=1S/C22H23FN4O/c1-14(2)5-7-17-20(16-6-8-19(24-4)18(23)13-16)25-22(26-21(17)28)27-11-9-15(3)10-12-27/h6,8,13-15H,9-12H2,1-3H3,(H,25,26,28). The quantitative estimate of drug-likeness (QED) is 0.624. The summed E-state index contributed by atoms with van der Waals surface area (Å²) in [6.07, 6.45) is 2.06. The zero-order valence-electron chi connectivity index (χ0n) is 16.3. The van der Waals surface area contributed by atoms with Crippen molar-refractivity contribution < 1.29 is 4.39 Å². The van der Waals surface area contributed by atoms with Crippen molar-refractivity contribution in [2.75, 3.05) is 18.0 Å². The molecule has 28 heavy (non-hydrogen) atoms. The van der Waals surface area contributed by atoms with Crippen molar-refractivity contribution in [1.82, 2.24) is 9.97 Å². The topological polar surface area (TPSA) is 53.4 Å². The van der Waals surface area contributed by atoms with Gasteiger partial charge >= 0.3 is 0 Å². The van der Waals surface area contributed by atoms with Gasteiger partial charge in [-0.25, -0.2) is 14.2 Å². The van der Waals surface area contributed by atoms with Crippen LogP contribution in [0.25, 0.3) is 16.1 Å². The Labute approximate surface area is 164 Å². The van der Waals surface area contributed by atoms with Crippen molar-refractivity contribution in [1.29, 1.82) is 0 Å². The number of H-pyrrole nitrogens is 1. The molecule has 1 aliphatic heterocycles. The van der Waals surface area contributed by atoms with Gasteiger partial charge in [-0.15, -0.1) is 0 Å². The molecule has 2 heterocycles. The molecule has 1 aromatic carbocycles. The molecule has 0 atom stereocenters. The van der Waals surface area contributed by atoms with Gasteiger partial charge < -0.3 is 4.90 Å². The zero-order chi connectivity index (χ0) is 20.3. The van der Waals surface area contributed by atoms with E-state index in [9.17, 15) is 9.18 Å². The predicted molar refractivity (Wildman–Crippen MR) is 109 cm³/mol. The predicted octanol–water partition coefficient (Wildman–Crippen LogP) is 4.37. The van der Waals surface area contributed by atoms with Gasteiger partial charge in [0.2, 0.25) is 11.6 Å². The van der Waals surface area contributed by atoms with Gasteiger partial charge in [0.25, 0.3) is 5.56 Å². The summed E-state index contributed by atoms with van der Waals surface area (Å²) in [5, 5.41) is 0. The Bertz CT molecular complexity index is 1030. The van der Waals surface area contributed by atoms with Crippen molar-refractivity contribution in [3.63, 3.8) is 0 Å². The summed E-state index contributed by atoms with van der Waals surface area (Å²) in [5.74, 6) is 6.47. The lowest BCUT2D eigenvalue weighted by Crippen LogP contribution is -2.35. The Balaban J connectivity index is 2.14. The van der Waals surface area contributed by atoms with Crippen LogP contribution in [-0.2, 0) is 0 Å². The van der Waals surface area contributed by atoms with Crippen LogP contribution in [0, 0.1) is 36.1 Å². The Kier molecular flexibility index (Phi) is 5.80. The van der Waals surface area contributed by atoms with Gasteiger partial charge in [0.1, 0.15) is 11.4 Å². The van der Waals surface area contributed by atoms with Gasteiger partial charge in [-0.05, 0) is 24.8 Å². The molecule has 144 valence electrons. The second-order valence-electron chi connectivity index (χ2n) is 7.48. The largest absolute Gasteiger partial charge is 0.342 e. The molecule has 1 saturated heterocycles. The molecule has 2 aromatic rings. The molecule has 3 rings (SSSR count). The highest BCUT2D eigenvalue weighted by molar-refractivity contribution is 5.70. The number of nitrogens with zero attached hydrogens (tertiary/aromatic N) is 3. The number of nitrogens with one attached hydrogen (secondary N) is 1. The Morgan fingerprint density at radius 3 is 2.68 bits per heavy atom. The van der Waals surface area contributed by atoms with Crippen molar-refractivity contribution in [3.05, 3.63) is 51.4 Å². The number of hydrogen-bond acceptors (Lipinski definition) is 3. The van der Waals surface area contributed by atoms with E-state index in [1.54, 1.807) is 6.07 Å². The highest BCUT2D eigenvalue weighted by atomic mass is 19.1. The molecule has 0 saturated carbocycles. The van der Waals surface area contributed by atoms with E-state index in [-0.39, 0.29) is 22.7 Å². The number of anilines is 1. The fraction of sp³-hybridized carbons (Fsp3) is 0.409. The lowest BCUT2D eigenvalue weighted by Gasteiger charge is -2.30. The van der Waals surface area contributed by atoms with Gasteiger partial charge in [0.05, 0.1) is 12.3 Å². The van der Waals surface area contributed by atoms with Crippen LogP contribution in [0.15, 0.2) is 23.0 Å². The summed E-state index contributed by atoms with van der Waals surface area (Å²) in [5.41, 5.74) is 0.615. The van der Waals surface area contributed by atoms with Crippen LogP contribution in [0.2, 0.25) is 0 Å². The second-order valence-corrected chi connectivity index (χ2v) is 7.48. The molecular weight excluding hydrogens is 355 g/mol. The minimum Gasteiger partial charge on any atom is -0.342 e. The third kappa shape index (κ3) is 4.23. The third-order valence-electron chi connectivity index (χ3n) is 4.82. The van der Waals surface area contributed by atoms with Crippen molar-refractivity contribution in [2.45, 2.75) is 33.6 Å². The molecule has 0 unspecified atom stereocenters. The molecule has 0 radical (unpaired) electrons. The van der Waals surface area contributed by atoms with E-state index in [0.717, 1.165) is 25.9 Å². The highest BCUT2D eigenvalue weighted by Crippen LogP contribution is 2.28. The Morgan fingerprint density at radius 2 is 2.07 bits per heavy atom. The van der Waals surface area contributed by atoms with E-state index in [1.165, 1.54) is 12.1 Å². The number of halogens is 1. The van der Waals surface area contributed by atoms with E-state index in [4.69, 9.17) is 6.57 Å². The Hall–Kier alpha value is -3.12. The minimum absolute atomic E-state index is 0.0614. The average molecular weight is 378 g/mol. The van der Waals surface area contributed by atoms with E-state index >= 15 is 0 Å².